The summed E-state index contributed by atoms with van der Waals surface area (Å²) in [4.78, 5) is 23.0. The number of hydrogen-bond donors (Lipinski definition) is 0. The second kappa shape index (κ2) is 6.37. The molecule has 0 saturated heterocycles. The van der Waals surface area contributed by atoms with Gasteiger partial charge in [-0.15, -0.1) is 0 Å². The first kappa shape index (κ1) is 16.0. The number of ether oxygens (including phenoxy) is 2. The molecule has 1 rings (SSSR count). The van der Waals surface area contributed by atoms with E-state index in [9.17, 15) is 9.59 Å². The van der Waals surface area contributed by atoms with E-state index in [4.69, 9.17) is 4.74 Å². The lowest BCUT2D eigenvalue weighted by atomic mass is 10.0. The molecule has 0 N–H and O–H groups in total. The molecule has 1 aromatic rings. The maximum absolute atomic E-state index is 11.6. The summed E-state index contributed by atoms with van der Waals surface area (Å²) in [5, 5.41) is 0. The zero-order valence-corrected chi connectivity index (χ0v) is 12.5. The first-order valence-electron chi connectivity index (χ1n) is 6.33. The summed E-state index contributed by atoms with van der Waals surface area (Å²) in [6, 6.07) is 5.24. The van der Waals surface area contributed by atoms with E-state index in [-0.39, 0.29) is 5.97 Å². The Morgan fingerprint density at radius 3 is 2.35 bits per heavy atom. The average Bonchev–Trinajstić information content (AvgIpc) is 2.33. The summed E-state index contributed by atoms with van der Waals surface area (Å²) < 4.78 is 9.85. The first-order chi connectivity index (χ1) is 9.23. The predicted molar refractivity (Wildman–Crippen MR) is 77.4 cm³/mol. The van der Waals surface area contributed by atoms with Crippen molar-refractivity contribution in [3.63, 3.8) is 0 Å². The lowest BCUT2D eigenvalue weighted by molar-refractivity contribution is -0.148. The van der Waals surface area contributed by atoms with Crippen LogP contribution >= 0.6 is 0 Å². The van der Waals surface area contributed by atoms with Gasteiger partial charge in [0, 0.05) is 6.08 Å². The molecule has 0 saturated carbocycles. The highest BCUT2D eigenvalue weighted by Crippen LogP contribution is 2.14. The normalized spacial score (nSPS) is 11.4. The molecular weight excluding hydrogens is 256 g/mol. The summed E-state index contributed by atoms with van der Waals surface area (Å²) in [6.45, 7) is 7.26. The molecule has 0 fully saturated rings. The molecule has 0 aliphatic carbocycles. The van der Waals surface area contributed by atoms with Crippen LogP contribution in [0.2, 0.25) is 0 Å². The molecule has 0 aliphatic rings. The minimum atomic E-state index is -0.508. The van der Waals surface area contributed by atoms with Crippen LogP contribution in [0.3, 0.4) is 0 Å². The molecule has 4 nitrogen and oxygen atoms in total. The molecule has 0 radical (unpaired) electrons. The van der Waals surface area contributed by atoms with Gasteiger partial charge in [-0.05, 0) is 51.0 Å². The molecule has 0 aliphatic heterocycles. The van der Waals surface area contributed by atoms with E-state index in [2.05, 4.69) is 4.74 Å². The van der Waals surface area contributed by atoms with Crippen molar-refractivity contribution in [2.45, 2.75) is 33.3 Å². The Kier molecular flexibility index (Phi) is 5.08. The van der Waals surface area contributed by atoms with Gasteiger partial charge in [-0.1, -0.05) is 12.1 Å². The van der Waals surface area contributed by atoms with E-state index in [1.165, 1.54) is 13.2 Å². The molecule has 0 heterocycles. The highest BCUT2D eigenvalue weighted by atomic mass is 16.6. The van der Waals surface area contributed by atoms with Gasteiger partial charge >= 0.3 is 11.9 Å². The van der Waals surface area contributed by atoms with Crippen molar-refractivity contribution in [3.8, 4) is 0 Å². The minimum Gasteiger partial charge on any atom is -0.465 e. The molecule has 108 valence electrons. The largest absolute Gasteiger partial charge is 0.465 e. The van der Waals surface area contributed by atoms with Gasteiger partial charge in [-0.3, -0.25) is 0 Å². The van der Waals surface area contributed by atoms with Crippen LogP contribution in [0.1, 0.15) is 42.3 Å². The molecule has 0 spiro atoms. The summed E-state index contributed by atoms with van der Waals surface area (Å²) >= 11 is 0. The number of hydrogen-bond acceptors (Lipinski definition) is 4. The number of aryl methyl sites for hydroxylation is 1. The van der Waals surface area contributed by atoms with Crippen LogP contribution in [0.15, 0.2) is 24.3 Å². The lowest BCUT2D eigenvalue weighted by Gasteiger charge is -2.17. The van der Waals surface area contributed by atoms with Crippen molar-refractivity contribution in [2.75, 3.05) is 7.11 Å². The smallest absolute Gasteiger partial charge is 0.338 e. The Labute approximate surface area is 119 Å². The molecule has 20 heavy (non-hydrogen) atoms. The Balaban J connectivity index is 2.82. The molecule has 0 bridgehead atoms. The third-order valence-corrected chi connectivity index (χ3v) is 2.47. The highest BCUT2D eigenvalue weighted by Gasteiger charge is 2.14. The molecule has 0 unspecified atom stereocenters. The standard InChI is InChI=1S/C16H20O4/c1-11-10-12(6-8-13(11)15(18)19-5)7-9-14(17)20-16(2,3)4/h6-10H,1-5H3. The number of methoxy groups -OCH3 is 1. The van der Waals surface area contributed by atoms with Gasteiger partial charge in [0.15, 0.2) is 0 Å². The Bertz CT molecular complexity index is 536. The van der Waals surface area contributed by atoms with Crippen molar-refractivity contribution >= 4 is 18.0 Å². The molecule has 4 heteroatoms. The molecular formula is C16H20O4. The third-order valence-electron chi connectivity index (χ3n) is 2.47. The Morgan fingerprint density at radius 1 is 1.20 bits per heavy atom. The lowest BCUT2D eigenvalue weighted by Crippen LogP contribution is -2.22. The van der Waals surface area contributed by atoms with Crippen molar-refractivity contribution in [2.24, 2.45) is 0 Å². The third kappa shape index (κ3) is 4.88. The zero-order valence-electron chi connectivity index (χ0n) is 12.5. The zero-order chi connectivity index (χ0) is 15.3. The van der Waals surface area contributed by atoms with Crippen molar-refractivity contribution in [1.82, 2.24) is 0 Å². The number of esters is 2. The van der Waals surface area contributed by atoms with Crippen LogP contribution in [0.5, 0.6) is 0 Å². The van der Waals surface area contributed by atoms with E-state index in [1.54, 1.807) is 18.2 Å². The van der Waals surface area contributed by atoms with E-state index in [0.29, 0.717) is 5.56 Å². The van der Waals surface area contributed by atoms with Gasteiger partial charge in [0.1, 0.15) is 5.60 Å². The van der Waals surface area contributed by atoms with E-state index < -0.39 is 11.6 Å². The van der Waals surface area contributed by atoms with Crippen molar-refractivity contribution < 1.29 is 19.1 Å². The van der Waals surface area contributed by atoms with Crippen LogP contribution < -0.4 is 0 Å². The number of benzene rings is 1. The van der Waals surface area contributed by atoms with Crippen molar-refractivity contribution in [1.29, 1.82) is 0 Å². The molecule has 0 atom stereocenters. The fourth-order valence-electron chi connectivity index (χ4n) is 1.63. The Hall–Kier alpha value is -2.10. The van der Waals surface area contributed by atoms with Gasteiger partial charge in [-0.2, -0.15) is 0 Å². The van der Waals surface area contributed by atoms with Crippen LogP contribution in [0.25, 0.3) is 6.08 Å². The summed E-state index contributed by atoms with van der Waals surface area (Å²) in [5.41, 5.74) is 1.62. The van der Waals surface area contributed by atoms with E-state index in [0.717, 1.165) is 11.1 Å². The molecule has 0 amide bonds. The molecule has 0 aromatic heterocycles. The topological polar surface area (TPSA) is 52.6 Å². The van der Waals surface area contributed by atoms with E-state index >= 15 is 0 Å². The van der Waals surface area contributed by atoms with Gasteiger partial charge in [0.05, 0.1) is 12.7 Å². The highest BCUT2D eigenvalue weighted by molar-refractivity contribution is 5.92. The van der Waals surface area contributed by atoms with Crippen LogP contribution in [0, 0.1) is 6.92 Å². The van der Waals surface area contributed by atoms with E-state index in [1.807, 2.05) is 33.8 Å². The monoisotopic (exact) mass is 276 g/mol. The SMILES string of the molecule is COC(=O)c1ccc(C=CC(=O)OC(C)(C)C)cc1C. The quantitative estimate of drug-likeness (QED) is 0.628. The number of carbonyl (C=O) groups excluding carboxylic acids is 2. The van der Waals surface area contributed by atoms with Crippen molar-refractivity contribution in [3.05, 3.63) is 41.0 Å². The number of rotatable bonds is 3. The second-order valence-electron chi connectivity index (χ2n) is 5.43. The fourth-order valence-corrected chi connectivity index (χ4v) is 1.63. The fraction of sp³-hybridized carbons (Fsp3) is 0.375. The van der Waals surface area contributed by atoms with Gasteiger partial charge in [0.2, 0.25) is 0 Å². The Morgan fingerprint density at radius 2 is 1.85 bits per heavy atom. The second-order valence-corrected chi connectivity index (χ2v) is 5.43. The van der Waals surface area contributed by atoms with Crippen LogP contribution in [-0.2, 0) is 14.3 Å². The molecule has 1 aromatic carbocycles. The van der Waals surface area contributed by atoms with Gasteiger partial charge < -0.3 is 9.47 Å². The summed E-state index contributed by atoms with van der Waals surface area (Å²) in [7, 11) is 1.35. The van der Waals surface area contributed by atoms with Crippen LogP contribution in [-0.4, -0.2) is 24.6 Å². The predicted octanol–water partition coefficient (Wildman–Crippen LogP) is 3.14. The maximum Gasteiger partial charge on any atom is 0.338 e. The van der Waals surface area contributed by atoms with Crippen LogP contribution in [0.4, 0.5) is 0 Å². The minimum absolute atomic E-state index is 0.370. The summed E-state index contributed by atoms with van der Waals surface area (Å²) in [6.07, 6.45) is 3.03. The number of carbonyl (C=O) groups is 2. The van der Waals surface area contributed by atoms with Gasteiger partial charge in [0.25, 0.3) is 0 Å². The first-order valence-corrected chi connectivity index (χ1v) is 6.33. The maximum atomic E-state index is 11.6. The average molecular weight is 276 g/mol. The summed E-state index contributed by atoms with van der Waals surface area (Å²) in [5.74, 6) is -0.766. The van der Waals surface area contributed by atoms with Gasteiger partial charge in [-0.25, -0.2) is 9.59 Å².